The quantitative estimate of drug-likeness (QED) is 0.732. The number of rotatable bonds is 5. The van der Waals surface area contributed by atoms with Gasteiger partial charge in [-0.05, 0) is 49.6 Å². The van der Waals surface area contributed by atoms with E-state index in [0.29, 0.717) is 12.4 Å². The zero-order valence-corrected chi connectivity index (χ0v) is 15.8. The third-order valence-corrected chi connectivity index (χ3v) is 5.22. The highest BCUT2D eigenvalue weighted by Crippen LogP contribution is 2.42. The highest BCUT2D eigenvalue weighted by Gasteiger charge is 2.44. The summed E-state index contributed by atoms with van der Waals surface area (Å²) in [5.41, 5.74) is 2.50. The van der Waals surface area contributed by atoms with Gasteiger partial charge in [0.05, 0.1) is 19.6 Å². The van der Waals surface area contributed by atoms with Crippen LogP contribution in [0, 0.1) is 17.7 Å². The molecule has 2 aliphatic rings. The fraction of sp³-hybridized carbons (Fsp3) is 0.409. The molecular formula is C22H23FO4. The Kier molecular flexibility index (Phi) is 4.33. The van der Waals surface area contributed by atoms with Crippen LogP contribution in [0.1, 0.15) is 25.8 Å². The topological polar surface area (TPSA) is 44.8 Å². The van der Waals surface area contributed by atoms with Crippen LogP contribution in [-0.4, -0.2) is 25.3 Å². The number of hydrogen-bond donors (Lipinski definition) is 0. The Morgan fingerprint density at radius 1 is 1.26 bits per heavy atom. The van der Waals surface area contributed by atoms with Crippen molar-refractivity contribution in [2.75, 3.05) is 13.7 Å². The minimum absolute atomic E-state index is 0.0347. The highest BCUT2D eigenvalue weighted by molar-refractivity contribution is 5.75. The predicted molar refractivity (Wildman–Crippen MR) is 99.4 cm³/mol. The van der Waals surface area contributed by atoms with Crippen molar-refractivity contribution in [2.45, 2.75) is 32.3 Å². The van der Waals surface area contributed by atoms with Crippen molar-refractivity contribution < 1.29 is 23.4 Å². The van der Waals surface area contributed by atoms with Gasteiger partial charge in [-0.15, -0.1) is 0 Å². The lowest BCUT2D eigenvalue weighted by Crippen LogP contribution is -2.24. The van der Waals surface area contributed by atoms with E-state index in [2.05, 4.69) is 0 Å². The van der Waals surface area contributed by atoms with E-state index >= 15 is 0 Å². The SMILES string of the molecule is COC(=O)[C@@H]1C[C@H]1COc1ccc(-c2cc(F)cc3c2CC(C)(C)O3)cc1. The second-order valence-electron chi connectivity index (χ2n) is 7.93. The molecule has 1 fully saturated rings. The van der Waals surface area contributed by atoms with Crippen LogP contribution < -0.4 is 9.47 Å². The van der Waals surface area contributed by atoms with E-state index in [4.69, 9.17) is 14.2 Å². The molecule has 1 saturated carbocycles. The number of carbonyl (C=O) groups is 1. The normalized spacial score (nSPS) is 21.9. The number of ether oxygens (including phenoxy) is 3. The van der Waals surface area contributed by atoms with E-state index in [0.717, 1.165) is 35.3 Å². The van der Waals surface area contributed by atoms with Crippen LogP contribution >= 0.6 is 0 Å². The van der Waals surface area contributed by atoms with Gasteiger partial charge in [-0.3, -0.25) is 4.79 Å². The van der Waals surface area contributed by atoms with Crippen molar-refractivity contribution in [2.24, 2.45) is 11.8 Å². The van der Waals surface area contributed by atoms with E-state index in [1.54, 1.807) is 6.07 Å². The summed E-state index contributed by atoms with van der Waals surface area (Å²) in [4.78, 5) is 11.4. The maximum Gasteiger partial charge on any atom is 0.309 e. The molecule has 0 spiro atoms. The van der Waals surface area contributed by atoms with Gasteiger partial charge in [-0.25, -0.2) is 4.39 Å². The lowest BCUT2D eigenvalue weighted by atomic mass is 9.93. The van der Waals surface area contributed by atoms with E-state index in [1.165, 1.54) is 13.2 Å². The molecule has 5 heteroatoms. The molecule has 1 heterocycles. The molecule has 0 aromatic heterocycles. The van der Waals surface area contributed by atoms with Crippen LogP contribution in [0.5, 0.6) is 11.5 Å². The van der Waals surface area contributed by atoms with Crippen LogP contribution in [0.2, 0.25) is 0 Å². The predicted octanol–water partition coefficient (Wildman–Crippen LogP) is 4.39. The average molecular weight is 370 g/mol. The standard InChI is InChI=1S/C22H23FO4/c1-22(2)11-19-17(9-15(23)10-20(19)27-22)13-4-6-16(7-5-13)26-12-14-8-18(14)21(24)25-3/h4-7,9-10,14,18H,8,11-12H2,1-3H3/t14-,18+/m0/s1. The second kappa shape index (κ2) is 6.55. The maximum atomic E-state index is 14.0. The summed E-state index contributed by atoms with van der Waals surface area (Å²) in [7, 11) is 1.41. The van der Waals surface area contributed by atoms with E-state index in [1.807, 2.05) is 38.1 Å². The van der Waals surface area contributed by atoms with Crippen molar-refractivity contribution in [1.82, 2.24) is 0 Å². The fourth-order valence-corrected chi connectivity index (χ4v) is 3.71. The molecule has 0 amide bonds. The molecule has 2 aromatic rings. The summed E-state index contributed by atoms with van der Waals surface area (Å²) in [6.45, 7) is 4.51. The largest absolute Gasteiger partial charge is 0.493 e. The maximum absolute atomic E-state index is 14.0. The second-order valence-corrected chi connectivity index (χ2v) is 7.93. The van der Waals surface area contributed by atoms with Gasteiger partial charge in [0.25, 0.3) is 0 Å². The molecule has 4 rings (SSSR count). The fourth-order valence-electron chi connectivity index (χ4n) is 3.71. The van der Waals surface area contributed by atoms with E-state index in [9.17, 15) is 9.18 Å². The van der Waals surface area contributed by atoms with Crippen molar-refractivity contribution >= 4 is 5.97 Å². The number of methoxy groups -OCH3 is 1. The molecular weight excluding hydrogens is 347 g/mol. The number of hydrogen-bond acceptors (Lipinski definition) is 4. The van der Waals surface area contributed by atoms with Crippen LogP contribution in [0.4, 0.5) is 4.39 Å². The smallest absolute Gasteiger partial charge is 0.309 e. The Morgan fingerprint density at radius 3 is 2.70 bits per heavy atom. The molecule has 1 aliphatic carbocycles. The first-order valence-corrected chi connectivity index (χ1v) is 9.19. The Hall–Kier alpha value is -2.56. The first kappa shape index (κ1) is 17.8. The van der Waals surface area contributed by atoms with Gasteiger partial charge < -0.3 is 14.2 Å². The summed E-state index contributed by atoms with van der Waals surface area (Å²) in [5, 5.41) is 0. The monoisotopic (exact) mass is 370 g/mol. The van der Waals surface area contributed by atoms with Crippen molar-refractivity contribution in [3.8, 4) is 22.6 Å². The van der Waals surface area contributed by atoms with Crippen molar-refractivity contribution in [1.29, 1.82) is 0 Å². The van der Waals surface area contributed by atoms with E-state index < -0.39 is 0 Å². The number of benzene rings is 2. The summed E-state index contributed by atoms with van der Waals surface area (Å²) >= 11 is 0. The van der Waals surface area contributed by atoms with Gasteiger partial charge >= 0.3 is 5.97 Å². The molecule has 0 unspecified atom stereocenters. The number of halogens is 1. The van der Waals surface area contributed by atoms with Gasteiger partial charge in [0.1, 0.15) is 22.9 Å². The minimum Gasteiger partial charge on any atom is -0.493 e. The third-order valence-electron chi connectivity index (χ3n) is 5.22. The molecule has 4 nitrogen and oxygen atoms in total. The summed E-state index contributed by atoms with van der Waals surface area (Å²) in [6, 6.07) is 10.6. The number of carbonyl (C=O) groups excluding carboxylic acids is 1. The minimum atomic E-state index is -0.325. The molecule has 0 saturated heterocycles. The number of fused-ring (bicyclic) bond motifs is 1. The average Bonchev–Trinajstić information content (AvgIpc) is 3.34. The van der Waals surface area contributed by atoms with Gasteiger partial charge in [0.15, 0.2) is 0 Å². The molecule has 2 atom stereocenters. The molecule has 142 valence electrons. The van der Waals surface area contributed by atoms with Crippen LogP contribution in [0.15, 0.2) is 36.4 Å². The number of esters is 1. The molecule has 0 N–H and O–H groups in total. The molecule has 0 radical (unpaired) electrons. The van der Waals surface area contributed by atoms with Gasteiger partial charge in [-0.1, -0.05) is 12.1 Å². The molecule has 2 aromatic carbocycles. The molecule has 27 heavy (non-hydrogen) atoms. The Morgan fingerprint density at radius 2 is 2.00 bits per heavy atom. The summed E-state index contributed by atoms with van der Waals surface area (Å²) < 4.78 is 30.4. The Bertz CT molecular complexity index is 873. The lowest BCUT2D eigenvalue weighted by molar-refractivity contribution is -0.142. The van der Waals surface area contributed by atoms with Crippen LogP contribution in [0.3, 0.4) is 0 Å². The van der Waals surface area contributed by atoms with Crippen LogP contribution in [-0.2, 0) is 16.0 Å². The van der Waals surface area contributed by atoms with E-state index in [-0.39, 0.29) is 29.2 Å². The zero-order chi connectivity index (χ0) is 19.2. The first-order chi connectivity index (χ1) is 12.9. The molecule has 0 bridgehead atoms. The first-order valence-electron chi connectivity index (χ1n) is 9.19. The zero-order valence-electron chi connectivity index (χ0n) is 15.8. The highest BCUT2D eigenvalue weighted by atomic mass is 19.1. The third kappa shape index (κ3) is 3.64. The van der Waals surface area contributed by atoms with Gasteiger partial charge in [-0.2, -0.15) is 0 Å². The van der Waals surface area contributed by atoms with Crippen molar-refractivity contribution in [3.05, 3.63) is 47.8 Å². The van der Waals surface area contributed by atoms with Crippen LogP contribution in [0.25, 0.3) is 11.1 Å². The molecule has 1 aliphatic heterocycles. The Balaban J connectivity index is 1.47. The summed E-state index contributed by atoms with van der Waals surface area (Å²) in [5.74, 6) is 1.08. The summed E-state index contributed by atoms with van der Waals surface area (Å²) in [6.07, 6.45) is 1.56. The van der Waals surface area contributed by atoms with Crippen molar-refractivity contribution in [3.63, 3.8) is 0 Å². The lowest BCUT2D eigenvalue weighted by Gasteiger charge is -2.16. The van der Waals surface area contributed by atoms with Gasteiger partial charge in [0.2, 0.25) is 0 Å². The Labute approximate surface area is 158 Å². The van der Waals surface area contributed by atoms with Gasteiger partial charge in [0, 0.05) is 24.0 Å².